The zero-order valence-electron chi connectivity index (χ0n) is 7.70. The monoisotopic (exact) mass is 314 g/mol. The minimum Gasteiger partial charge on any atom is -0.463 e. The normalized spacial score (nSPS) is 25.9. The van der Waals surface area contributed by atoms with E-state index >= 15 is 0 Å². The van der Waals surface area contributed by atoms with E-state index in [0.717, 1.165) is 0 Å². The Bertz CT molecular complexity index is 230. The van der Waals surface area contributed by atoms with Crippen LogP contribution in [-0.4, -0.2) is 35.4 Å². The molecule has 0 bridgehead atoms. The van der Waals surface area contributed by atoms with Crippen molar-refractivity contribution in [2.45, 2.75) is 25.6 Å². The lowest BCUT2D eigenvalue weighted by atomic mass is 10.2. The fraction of sp³-hybridized carbons (Fsp3) is 0.750. The van der Waals surface area contributed by atoms with Crippen molar-refractivity contribution in [3.63, 3.8) is 0 Å². The molecule has 14 heavy (non-hydrogen) atoms. The van der Waals surface area contributed by atoms with Crippen LogP contribution < -0.4 is 0 Å². The first kappa shape index (κ1) is 11.7. The number of esters is 1. The summed E-state index contributed by atoms with van der Waals surface area (Å²) in [5.41, 5.74) is 0. The van der Waals surface area contributed by atoms with Crippen molar-refractivity contribution in [1.82, 2.24) is 0 Å². The first-order chi connectivity index (χ1) is 6.59. The Morgan fingerprint density at radius 3 is 2.86 bits per heavy atom. The summed E-state index contributed by atoms with van der Waals surface area (Å²) < 4.78 is 14.7. The Morgan fingerprint density at radius 1 is 1.57 bits per heavy atom. The van der Waals surface area contributed by atoms with Gasteiger partial charge in [-0.05, 0) is 0 Å². The molecular formula is C8H11IO5. The second-order valence-electron chi connectivity index (χ2n) is 2.89. The molecule has 0 unspecified atom stereocenters. The predicted octanol–water partition coefficient (Wildman–Crippen LogP) is 1.28. The number of hydrogen-bond donors (Lipinski definition) is 0. The zero-order valence-corrected chi connectivity index (χ0v) is 9.85. The van der Waals surface area contributed by atoms with E-state index in [1.54, 1.807) is 22.6 Å². The van der Waals surface area contributed by atoms with Crippen LogP contribution >= 0.6 is 22.6 Å². The molecule has 0 aromatic heterocycles. The average molecular weight is 314 g/mol. The molecule has 1 aliphatic rings. The van der Waals surface area contributed by atoms with Crippen LogP contribution in [0.1, 0.15) is 13.3 Å². The van der Waals surface area contributed by atoms with E-state index in [2.05, 4.69) is 0 Å². The van der Waals surface area contributed by atoms with Gasteiger partial charge in [-0.3, -0.25) is 4.79 Å². The lowest BCUT2D eigenvalue weighted by Gasteiger charge is -2.16. The third-order valence-electron chi connectivity index (χ3n) is 1.84. The molecule has 1 heterocycles. The molecule has 5 nitrogen and oxygen atoms in total. The molecule has 1 aliphatic heterocycles. The number of hydrogen-bond acceptors (Lipinski definition) is 5. The summed E-state index contributed by atoms with van der Waals surface area (Å²) in [5, 5.41) is 0. The number of carbonyl (C=O) groups is 2. The van der Waals surface area contributed by atoms with Gasteiger partial charge >= 0.3 is 9.95 Å². The molecule has 0 aromatic carbocycles. The standard InChI is InChI=1S/C8H11IO5/c1-5(10)13-4-7-6(2-3-12-7)14-8(9)11/h6-7H,2-4H2,1H3/t6-,7-/m1/s1. The van der Waals surface area contributed by atoms with Crippen molar-refractivity contribution >= 4 is 32.5 Å². The van der Waals surface area contributed by atoms with E-state index in [1.165, 1.54) is 6.92 Å². The van der Waals surface area contributed by atoms with Gasteiger partial charge in [0.25, 0.3) is 0 Å². The van der Waals surface area contributed by atoms with E-state index in [9.17, 15) is 9.59 Å². The molecule has 0 aromatic rings. The molecule has 0 spiro atoms. The molecule has 6 heteroatoms. The first-order valence-electron chi connectivity index (χ1n) is 4.20. The van der Waals surface area contributed by atoms with E-state index in [0.29, 0.717) is 13.0 Å². The number of rotatable bonds is 3. The Kier molecular flexibility index (Phi) is 4.59. The Morgan fingerprint density at radius 2 is 2.29 bits per heavy atom. The minimum atomic E-state index is -0.370. The zero-order chi connectivity index (χ0) is 10.6. The van der Waals surface area contributed by atoms with Crippen LogP contribution in [0.5, 0.6) is 0 Å². The first-order valence-corrected chi connectivity index (χ1v) is 5.28. The maximum atomic E-state index is 10.7. The quantitative estimate of drug-likeness (QED) is 0.446. The molecule has 0 amide bonds. The van der Waals surface area contributed by atoms with Crippen molar-refractivity contribution in [1.29, 1.82) is 0 Å². The summed E-state index contributed by atoms with van der Waals surface area (Å²) >= 11 is 1.56. The van der Waals surface area contributed by atoms with E-state index < -0.39 is 0 Å². The molecule has 80 valence electrons. The highest BCUT2D eigenvalue weighted by Gasteiger charge is 2.31. The minimum absolute atomic E-state index is 0.143. The summed E-state index contributed by atoms with van der Waals surface area (Å²) in [6.45, 7) is 2.00. The van der Waals surface area contributed by atoms with E-state index in [-0.39, 0.29) is 28.8 Å². The SMILES string of the molecule is CC(=O)OC[C@H]1OCC[C@H]1OC(=O)I. The Hall–Kier alpha value is -0.370. The van der Waals surface area contributed by atoms with Crippen molar-refractivity contribution in [3.8, 4) is 0 Å². The summed E-state index contributed by atoms with van der Waals surface area (Å²) in [5.74, 6) is -0.361. The Labute approximate surface area is 95.2 Å². The van der Waals surface area contributed by atoms with Gasteiger partial charge in [-0.15, -0.1) is 0 Å². The van der Waals surface area contributed by atoms with Gasteiger partial charge < -0.3 is 14.2 Å². The summed E-state index contributed by atoms with van der Waals surface area (Å²) in [6.07, 6.45) is 0.0390. The molecule has 1 saturated heterocycles. The van der Waals surface area contributed by atoms with Crippen molar-refractivity contribution in [3.05, 3.63) is 0 Å². The van der Waals surface area contributed by atoms with Gasteiger partial charge in [-0.25, -0.2) is 4.79 Å². The summed E-state index contributed by atoms with van der Waals surface area (Å²) in [4.78, 5) is 21.2. The fourth-order valence-corrected chi connectivity index (χ4v) is 1.56. The summed E-state index contributed by atoms with van der Waals surface area (Å²) in [7, 11) is 0. The second kappa shape index (κ2) is 5.50. The van der Waals surface area contributed by atoms with Gasteiger partial charge in [0.05, 0.1) is 29.2 Å². The highest BCUT2D eigenvalue weighted by atomic mass is 127. The van der Waals surface area contributed by atoms with Gasteiger partial charge in [0.1, 0.15) is 18.8 Å². The van der Waals surface area contributed by atoms with Crippen LogP contribution in [0.15, 0.2) is 0 Å². The lowest BCUT2D eigenvalue weighted by molar-refractivity contribution is -0.145. The van der Waals surface area contributed by atoms with Gasteiger partial charge in [0.2, 0.25) is 0 Å². The molecular weight excluding hydrogens is 303 g/mol. The predicted molar refractivity (Wildman–Crippen MR) is 55.3 cm³/mol. The number of halogens is 1. The fourth-order valence-electron chi connectivity index (χ4n) is 1.24. The van der Waals surface area contributed by atoms with Gasteiger partial charge in [-0.1, -0.05) is 0 Å². The van der Waals surface area contributed by atoms with Gasteiger partial charge in [0.15, 0.2) is 0 Å². The molecule has 0 aliphatic carbocycles. The topological polar surface area (TPSA) is 61.8 Å². The second-order valence-corrected chi connectivity index (χ2v) is 3.78. The maximum absolute atomic E-state index is 10.7. The van der Waals surface area contributed by atoms with Crippen LogP contribution in [0.25, 0.3) is 0 Å². The third-order valence-corrected chi connectivity index (χ3v) is 2.10. The average Bonchev–Trinajstić information content (AvgIpc) is 2.47. The van der Waals surface area contributed by atoms with Crippen molar-refractivity contribution in [2.24, 2.45) is 0 Å². The molecule has 2 atom stereocenters. The molecule has 0 N–H and O–H groups in total. The highest BCUT2D eigenvalue weighted by molar-refractivity contribution is 14.1. The van der Waals surface area contributed by atoms with Crippen LogP contribution in [0.3, 0.4) is 0 Å². The smallest absolute Gasteiger partial charge is 0.367 e. The van der Waals surface area contributed by atoms with Gasteiger partial charge in [-0.2, -0.15) is 0 Å². The summed E-state index contributed by atoms with van der Waals surface area (Å²) in [6, 6.07) is 0. The van der Waals surface area contributed by atoms with Crippen LogP contribution in [-0.2, 0) is 19.0 Å². The van der Waals surface area contributed by atoms with E-state index in [4.69, 9.17) is 14.2 Å². The Balaban J connectivity index is 2.35. The number of ether oxygens (including phenoxy) is 3. The van der Waals surface area contributed by atoms with Crippen molar-refractivity contribution < 1.29 is 23.8 Å². The van der Waals surface area contributed by atoms with Crippen LogP contribution in [0.2, 0.25) is 0 Å². The maximum Gasteiger partial charge on any atom is 0.367 e. The molecule has 0 saturated carbocycles. The molecule has 0 radical (unpaired) electrons. The van der Waals surface area contributed by atoms with Crippen molar-refractivity contribution in [2.75, 3.05) is 13.2 Å². The lowest BCUT2D eigenvalue weighted by Crippen LogP contribution is -2.30. The highest BCUT2D eigenvalue weighted by Crippen LogP contribution is 2.19. The van der Waals surface area contributed by atoms with Crippen LogP contribution in [0.4, 0.5) is 4.79 Å². The molecule has 1 fully saturated rings. The van der Waals surface area contributed by atoms with Crippen LogP contribution in [0, 0.1) is 0 Å². The van der Waals surface area contributed by atoms with E-state index in [1.807, 2.05) is 0 Å². The molecule has 1 rings (SSSR count). The van der Waals surface area contributed by atoms with Gasteiger partial charge in [0, 0.05) is 13.3 Å². The third kappa shape index (κ3) is 3.79. The number of carbonyl (C=O) groups excluding carboxylic acids is 2. The largest absolute Gasteiger partial charge is 0.463 e.